The van der Waals surface area contributed by atoms with Gasteiger partial charge in [0.2, 0.25) is 0 Å². The minimum absolute atomic E-state index is 0.0459. The molecule has 0 atom stereocenters. The van der Waals surface area contributed by atoms with Gasteiger partial charge in [0.15, 0.2) is 0 Å². The van der Waals surface area contributed by atoms with E-state index in [2.05, 4.69) is 22.1 Å². The van der Waals surface area contributed by atoms with Gasteiger partial charge in [-0.2, -0.15) is 0 Å². The van der Waals surface area contributed by atoms with Crippen LogP contribution in [0.5, 0.6) is 0 Å². The SMILES string of the molecule is CC1CCC(NC(=O)c2cccnc2N2CCCC2)CC1. The third-order valence-corrected chi connectivity index (χ3v) is 4.79. The molecule has 1 saturated heterocycles. The van der Waals surface area contributed by atoms with Crippen LogP contribution in [0.4, 0.5) is 5.82 Å². The van der Waals surface area contributed by atoms with Crippen molar-refractivity contribution in [3.63, 3.8) is 0 Å². The molecule has 3 rings (SSSR count). The van der Waals surface area contributed by atoms with Crippen LogP contribution >= 0.6 is 0 Å². The van der Waals surface area contributed by atoms with Crippen molar-refractivity contribution < 1.29 is 4.79 Å². The molecule has 1 aromatic rings. The van der Waals surface area contributed by atoms with Crippen molar-refractivity contribution in [1.29, 1.82) is 0 Å². The first kappa shape index (κ1) is 14.4. The van der Waals surface area contributed by atoms with E-state index in [1.54, 1.807) is 6.20 Å². The van der Waals surface area contributed by atoms with Crippen LogP contribution in [0, 0.1) is 5.92 Å². The average Bonchev–Trinajstić information content (AvgIpc) is 3.04. The second kappa shape index (κ2) is 6.46. The van der Waals surface area contributed by atoms with Crippen LogP contribution in [0.1, 0.15) is 55.8 Å². The van der Waals surface area contributed by atoms with Gasteiger partial charge in [-0.15, -0.1) is 0 Å². The Morgan fingerprint density at radius 2 is 1.95 bits per heavy atom. The monoisotopic (exact) mass is 287 g/mol. The van der Waals surface area contributed by atoms with E-state index in [0.717, 1.165) is 43.2 Å². The fraction of sp³-hybridized carbons (Fsp3) is 0.647. The molecule has 2 fully saturated rings. The lowest BCUT2D eigenvalue weighted by Crippen LogP contribution is -2.38. The topological polar surface area (TPSA) is 45.2 Å². The van der Waals surface area contributed by atoms with E-state index in [4.69, 9.17) is 0 Å². The second-order valence-electron chi connectivity index (χ2n) is 6.50. The van der Waals surface area contributed by atoms with E-state index >= 15 is 0 Å². The van der Waals surface area contributed by atoms with Gasteiger partial charge >= 0.3 is 0 Å². The predicted octanol–water partition coefficient (Wildman–Crippen LogP) is 2.99. The van der Waals surface area contributed by atoms with Crippen LogP contribution in [0.25, 0.3) is 0 Å². The highest BCUT2D eigenvalue weighted by Crippen LogP contribution is 2.25. The minimum Gasteiger partial charge on any atom is -0.356 e. The zero-order chi connectivity index (χ0) is 14.7. The lowest BCUT2D eigenvalue weighted by Gasteiger charge is -2.27. The maximum Gasteiger partial charge on any atom is 0.255 e. The van der Waals surface area contributed by atoms with Gasteiger partial charge in [-0.1, -0.05) is 6.92 Å². The third-order valence-electron chi connectivity index (χ3n) is 4.79. The molecule has 1 saturated carbocycles. The third kappa shape index (κ3) is 3.36. The number of carbonyl (C=O) groups excluding carboxylic acids is 1. The number of pyridine rings is 1. The standard InChI is InChI=1S/C17H25N3O/c1-13-6-8-14(9-7-13)19-17(21)15-5-4-10-18-16(15)20-11-2-3-12-20/h4-5,10,13-14H,2-3,6-9,11-12H2,1H3,(H,19,21). The summed E-state index contributed by atoms with van der Waals surface area (Å²) in [6.07, 6.45) is 8.81. The first-order valence-corrected chi connectivity index (χ1v) is 8.25. The van der Waals surface area contributed by atoms with E-state index < -0.39 is 0 Å². The van der Waals surface area contributed by atoms with Crippen LogP contribution in [0.15, 0.2) is 18.3 Å². The molecule has 1 aliphatic carbocycles. The van der Waals surface area contributed by atoms with E-state index in [-0.39, 0.29) is 5.91 Å². The number of rotatable bonds is 3. The summed E-state index contributed by atoms with van der Waals surface area (Å²) in [7, 11) is 0. The number of anilines is 1. The summed E-state index contributed by atoms with van der Waals surface area (Å²) in [4.78, 5) is 19.3. The first-order chi connectivity index (χ1) is 10.2. The van der Waals surface area contributed by atoms with Crippen LogP contribution in [-0.4, -0.2) is 30.0 Å². The van der Waals surface area contributed by atoms with E-state index in [9.17, 15) is 4.79 Å². The van der Waals surface area contributed by atoms with Crippen molar-refractivity contribution in [2.75, 3.05) is 18.0 Å². The number of carbonyl (C=O) groups is 1. The highest BCUT2D eigenvalue weighted by molar-refractivity contribution is 5.99. The zero-order valence-electron chi connectivity index (χ0n) is 12.8. The summed E-state index contributed by atoms with van der Waals surface area (Å²) in [6, 6.07) is 4.10. The molecule has 0 bridgehead atoms. The number of nitrogens with one attached hydrogen (secondary N) is 1. The molecule has 114 valence electrons. The van der Waals surface area contributed by atoms with Gasteiger partial charge in [-0.3, -0.25) is 4.79 Å². The highest BCUT2D eigenvalue weighted by Gasteiger charge is 2.24. The Bertz CT molecular complexity index is 489. The Morgan fingerprint density at radius 1 is 1.24 bits per heavy atom. The van der Waals surface area contributed by atoms with Gasteiger partial charge in [0.1, 0.15) is 5.82 Å². The molecular weight excluding hydrogens is 262 g/mol. The number of nitrogens with zero attached hydrogens (tertiary/aromatic N) is 2. The number of hydrogen-bond donors (Lipinski definition) is 1. The largest absolute Gasteiger partial charge is 0.356 e. The van der Waals surface area contributed by atoms with Gasteiger partial charge in [0, 0.05) is 25.3 Å². The molecule has 1 aliphatic heterocycles. The lowest BCUT2D eigenvalue weighted by atomic mass is 9.87. The molecule has 0 spiro atoms. The molecular formula is C17H25N3O. The number of amides is 1. The Hall–Kier alpha value is -1.58. The highest BCUT2D eigenvalue weighted by atomic mass is 16.1. The molecule has 4 heteroatoms. The van der Waals surface area contributed by atoms with Crippen molar-refractivity contribution in [3.8, 4) is 0 Å². The molecule has 21 heavy (non-hydrogen) atoms. The summed E-state index contributed by atoms with van der Waals surface area (Å²) >= 11 is 0. The fourth-order valence-electron chi connectivity index (χ4n) is 3.42. The van der Waals surface area contributed by atoms with Crippen molar-refractivity contribution in [1.82, 2.24) is 10.3 Å². The Balaban J connectivity index is 1.69. The Kier molecular flexibility index (Phi) is 4.42. The van der Waals surface area contributed by atoms with Gasteiger partial charge < -0.3 is 10.2 Å². The summed E-state index contributed by atoms with van der Waals surface area (Å²) in [5.74, 6) is 1.71. The van der Waals surface area contributed by atoms with Gasteiger partial charge in [-0.25, -0.2) is 4.98 Å². The van der Waals surface area contributed by atoms with Gasteiger partial charge in [-0.05, 0) is 56.6 Å². The molecule has 0 aromatic carbocycles. The number of hydrogen-bond acceptors (Lipinski definition) is 3. The summed E-state index contributed by atoms with van der Waals surface area (Å²) in [5, 5.41) is 3.21. The van der Waals surface area contributed by atoms with Crippen molar-refractivity contribution in [2.45, 2.75) is 51.5 Å². The normalized spacial score (nSPS) is 25.9. The number of aromatic nitrogens is 1. The van der Waals surface area contributed by atoms with Crippen molar-refractivity contribution >= 4 is 11.7 Å². The Morgan fingerprint density at radius 3 is 2.67 bits per heavy atom. The van der Waals surface area contributed by atoms with Crippen molar-refractivity contribution in [3.05, 3.63) is 23.9 Å². The fourth-order valence-corrected chi connectivity index (χ4v) is 3.42. The van der Waals surface area contributed by atoms with Crippen LogP contribution in [-0.2, 0) is 0 Å². The molecule has 1 aromatic heterocycles. The minimum atomic E-state index is 0.0459. The molecule has 2 aliphatic rings. The molecule has 4 nitrogen and oxygen atoms in total. The first-order valence-electron chi connectivity index (χ1n) is 8.25. The van der Waals surface area contributed by atoms with Crippen LogP contribution < -0.4 is 10.2 Å². The quantitative estimate of drug-likeness (QED) is 0.929. The van der Waals surface area contributed by atoms with E-state index in [1.807, 2.05) is 12.1 Å². The zero-order valence-corrected chi connectivity index (χ0v) is 12.8. The summed E-state index contributed by atoms with van der Waals surface area (Å²) < 4.78 is 0. The maximum absolute atomic E-state index is 12.6. The molecule has 2 heterocycles. The van der Waals surface area contributed by atoms with Crippen LogP contribution in [0.2, 0.25) is 0 Å². The van der Waals surface area contributed by atoms with E-state index in [1.165, 1.54) is 25.7 Å². The summed E-state index contributed by atoms with van der Waals surface area (Å²) in [6.45, 7) is 4.32. The summed E-state index contributed by atoms with van der Waals surface area (Å²) in [5.41, 5.74) is 0.734. The molecule has 0 radical (unpaired) electrons. The van der Waals surface area contributed by atoms with Crippen molar-refractivity contribution in [2.24, 2.45) is 5.92 Å². The van der Waals surface area contributed by atoms with Gasteiger partial charge in [0.25, 0.3) is 5.91 Å². The van der Waals surface area contributed by atoms with E-state index in [0.29, 0.717) is 6.04 Å². The molecule has 1 amide bonds. The van der Waals surface area contributed by atoms with Gasteiger partial charge in [0.05, 0.1) is 5.56 Å². The Labute approximate surface area is 126 Å². The molecule has 0 unspecified atom stereocenters. The predicted molar refractivity (Wildman–Crippen MR) is 84.6 cm³/mol. The average molecular weight is 287 g/mol. The van der Waals surface area contributed by atoms with Crippen LogP contribution in [0.3, 0.4) is 0 Å². The maximum atomic E-state index is 12.6. The second-order valence-corrected chi connectivity index (χ2v) is 6.50. The lowest BCUT2D eigenvalue weighted by molar-refractivity contribution is 0.0923. The molecule has 1 N–H and O–H groups in total. The smallest absolute Gasteiger partial charge is 0.255 e.